The van der Waals surface area contributed by atoms with E-state index in [1.54, 1.807) is 13.0 Å². The maximum atomic E-state index is 8.80. The van der Waals surface area contributed by atoms with Gasteiger partial charge in [-0.15, -0.1) is 0 Å². The Labute approximate surface area is 66.8 Å². The predicted molar refractivity (Wildman–Crippen MR) is 45.3 cm³/mol. The number of hydrogen-bond donors (Lipinski definition) is 3. The molecule has 0 spiro atoms. The topological polar surface area (TPSA) is 44.3 Å². The Morgan fingerprint density at radius 1 is 1.45 bits per heavy atom. The molecule has 1 rings (SSSR count). The molecule has 1 saturated heterocycles. The zero-order valence-electron chi connectivity index (χ0n) is 6.67. The average Bonchev–Trinajstić information content (AvgIpc) is 2.39. The van der Waals surface area contributed by atoms with Gasteiger partial charge in [-0.1, -0.05) is 12.2 Å². The van der Waals surface area contributed by atoms with E-state index in [-0.39, 0.29) is 6.17 Å². The van der Waals surface area contributed by atoms with Crippen LogP contribution in [0.1, 0.15) is 6.92 Å². The Balaban J connectivity index is 2.28. The van der Waals surface area contributed by atoms with Gasteiger partial charge in [-0.05, 0) is 13.0 Å². The summed E-state index contributed by atoms with van der Waals surface area (Å²) in [6.07, 6.45) is 5.75. The third kappa shape index (κ3) is 3.20. The summed E-state index contributed by atoms with van der Waals surface area (Å²) in [6.45, 7) is 3.67. The van der Waals surface area contributed by atoms with Gasteiger partial charge < -0.3 is 5.11 Å². The smallest absolute Gasteiger partial charge is 0.0891 e. The Morgan fingerprint density at radius 2 is 2.09 bits per heavy atom. The summed E-state index contributed by atoms with van der Waals surface area (Å²) in [7, 11) is 0. The van der Waals surface area contributed by atoms with Gasteiger partial charge in [0.25, 0.3) is 0 Å². The van der Waals surface area contributed by atoms with Crippen LogP contribution in [0.5, 0.6) is 0 Å². The van der Waals surface area contributed by atoms with Crippen LogP contribution in [0.2, 0.25) is 0 Å². The second kappa shape index (κ2) is 4.16. The molecule has 1 aliphatic heterocycles. The lowest BCUT2D eigenvalue weighted by Crippen LogP contribution is -2.28. The van der Waals surface area contributed by atoms with Crippen molar-refractivity contribution in [2.75, 3.05) is 13.1 Å². The first kappa shape index (κ1) is 8.30. The van der Waals surface area contributed by atoms with Gasteiger partial charge in [0, 0.05) is 13.1 Å². The summed E-state index contributed by atoms with van der Waals surface area (Å²) in [5.74, 6) is 0.333. The minimum atomic E-state index is 0.269. The van der Waals surface area contributed by atoms with Gasteiger partial charge in [0.05, 0.1) is 11.9 Å². The van der Waals surface area contributed by atoms with Crippen LogP contribution < -0.4 is 10.6 Å². The monoisotopic (exact) mass is 154 g/mol. The van der Waals surface area contributed by atoms with Gasteiger partial charge in [-0.25, -0.2) is 0 Å². The number of aliphatic hydroxyl groups excluding tert-OH is 1. The van der Waals surface area contributed by atoms with Gasteiger partial charge in [0.1, 0.15) is 0 Å². The molecule has 0 aromatic rings. The molecule has 0 bridgehead atoms. The van der Waals surface area contributed by atoms with Crippen LogP contribution in [0, 0.1) is 0 Å². The highest BCUT2D eigenvalue weighted by atomic mass is 16.3. The highest BCUT2D eigenvalue weighted by Crippen LogP contribution is 1.90. The van der Waals surface area contributed by atoms with Crippen molar-refractivity contribution in [1.29, 1.82) is 0 Å². The maximum Gasteiger partial charge on any atom is 0.0891 e. The van der Waals surface area contributed by atoms with E-state index in [4.69, 9.17) is 5.11 Å². The van der Waals surface area contributed by atoms with Crippen molar-refractivity contribution < 1.29 is 5.11 Å². The summed E-state index contributed by atoms with van der Waals surface area (Å²) in [6, 6.07) is 0. The predicted octanol–water partition coefficient (Wildman–Crippen LogP) is 0.523. The Kier molecular flexibility index (Phi) is 3.14. The molecule has 62 valence electrons. The molecule has 0 aromatic carbocycles. The molecule has 11 heavy (non-hydrogen) atoms. The van der Waals surface area contributed by atoms with E-state index in [2.05, 4.69) is 10.6 Å². The van der Waals surface area contributed by atoms with Crippen molar-refractivity contribution >= 4 is 0 Å². The summed E-state index contributed by atoms with van der Waals surface area (Å²) in [5.41, 5.74) is 0. The zero-order valence-corrected chi connectivity index (χ0v) is 6.67. The molecule has 0 aromatic heterocycles. The van der Waals surface area contributed by atoms with Crippen molar-refractivity contribution in [3.05, 3.63) is 24.0 Å². The fraction of sp³-hybridized carbons (Fsp3) is 0.500. The van der Waals surface area contributed by atoms with Crippen molar-refractivity contribution in [2.45, 2.75) is 13.1 Å². The molecule has 0 amide bonds. The first-order valence-electron chi connectivity index (χ1n) is 3.80. The molecule has 0 aliphatic carbocycles. The highest BCUT2D eigenvalue weighted by molar-refractivity contribution is 5.08. The number of hydrogen-bond acceptors (Lipinski definition) is 3. The van der Waals surface area contributed by atoms with Crippen LogP contribution in [0.3, 0.4) is 0 Å². The minimum Gasteiger partial charge on any atom is -0.513 e. The van der Waals surface area contributed by atoms with Gasteiger partial charge in [0.2, 0.25) is 0 Å². The van der Waals surface area contributed by atoms with Crippen LogP contribution in [-0.4, -0.2) is 24.4 Å². The lowest BCUT2D eigenvalue weighted by molar-refractivity contribution is 0.414. The number of nitrogens with one attached hydrogen (secondary N) is 2. The van der Waals surface area contributed by atoms with E-state index < -0.39 is 0 Å². The minimum absolute atomic E-state index is 0.269. The van der Waals surface area contributed by atoms with Crippen LogP contribution >= 0.6 is 0 Å². The summed E-state index contributed by atoms with van der Waals surface area (Å²) >= 11 is 0. The van der Waals surface area contributed by atoms with E-state index >= 15 is 0 Å². The van der Waals surface area contributed by atoms with E-state index in [0.717, 1.165) is 13.1 Å². The van der Waals surface area contributed by atoms with Crippen molar-refractivity contribution in [1.82, 2.24) is 10.6 Å². The molecule has 0 unspecified atom stereocenters. The van der Waals surface area contributed by atoms with E-state index in [9.17, 15) is 0 Å². The summed E-state index contributed by atoms with van der Waals surface area (Å²) in [4.78, 5) is 0. The molecular formula is C8H14N2O. The standard InChI is InChI=1S/C8H14N2O/c1-7(11)3-2-4-8-9-5-6-10-8/h2-4,8-11H,5-6H2,1H3/b4-2+,7-3-. The molecule has 0 radical (unpaired) electrons. The molecular weight excluding hydrogens is 140 g/mol. The molecule has 3 heteroatoms. The van der Waals surface area contributed by atoms with E-state index in [1.165, 1.54) is 0 Å². The molecule has 1 fully saturated rings. The number of allylic oxidation sites excluding steroid dienone is 3. The molecule has 1 aliphatic rings. The Bertz CT molecular complexity index is 165. The Hall–Kier alpha value is -0.800. The Morgan fingerprint density at radius 3 is 2.64 bits per heavy atom. The molecule has 1 heterocycles. The van der Waals surface area contributed by atoms with Gasteiger partial charge in [-0.2, -0.15) is 0 Å². The fourth-order valence-corrected chi connectivity index (χ4v) is 0.970. The lowest BCUT2D eigenvalue weighted by atomic mass is 10.4. The normalized spacial score (nSPS) is 21.7. The third-order valence-corrected chi connectivity index (χ3v) is 1.49. The first-order valence-corrected chi connectivity index (χ1v) is 3.80. The third-order valence-electron chi connectivity index (χ3n) is 1.49. The molecule has 3 nitrogen and oxygen atoms in total. The molecule has 0 atom stereocenters. The maximum absolute atomic E-state index is 8.80. The second-order valence-corrected chi connectivity index (χ2v) is 2.58. The van der Waals surface area contributed by atoms with Crippen LogP contribution in [-0.2, 0) is 0 Å². The summed E-state index contributed by atoms with van der Waals surface area (Å²) < 4.78 is 0. The highest BCUT2D eigenvalue weighted by Gasteiger charge is 2.06. The number of aliphatic hydroxyl groups is 1. The van der Waals surface area contributed by atoms with Crippen LogP contribution in [0.4, 0.5) is 0 Å². The number of rotatable bonds is 2. The first-order chi connectivity index (χ1) is 5.29. The summed E-state index contributed by atoms with van der Waals surface area (Å²) in [5, 5.41) is 15.2. The van der Waals surface area contributed by atoms with Crippen molar-refractivity contribution in [2.24, 2.45) is 0 Å². The van der Waals surface area contributed by atoms with Crippen molar-refractivity contribution in [3.8, 4) is 0 Å². The van der Waals surface area contributed by atoms with E-state index in [1.807, 2.05) is 12.2 Å². The SMILES string of the molecule is C/C(O)=C/C=C/C1NCCN1. The van der Waals surface area contributed by atoms with Gasteiger partial charge in [-0.3, -0.25) is 10.6 Å². The largest absolute Gasteiger partial charge is 0.513 e. The molecule has 3 N–H and O–H groups in total. The van der Waals surface area contributed by atoms with Gasteiger partial charge in [0.15, 0.2) is 0 Å². The average molecular weight is 154 g/mol. The molecule has 0 saturated carbocycles. The lowest BCUT2D eigenvalue weighted by Gasteiger charge is -2.01. The fourth-order valence-electron chi connectivity index (χ4n) is 0.970. The van der Waals surface area contributed by atoms with Crippen LogP contribution in [0.15, 0.2) is 24.0 Å². The van der Waals surface area contributed by atoms with E-state index in [0.29, 0.717) is 5.76 Å². The van der Waals surface area contributed by atoms with Gasteiger partial charge >= 0.3 is 0 Å². The second-order valence-electron chi connectivity index (χ2n) is 2.58. The quantitative estimate of drug-likeness (QED) is 0.401. The van der Waals surface area contributed by atoms with Crippen molar-refractivity contribution in [3.63, 3.8) is 0 Å². The van der Waals surface area contributed by atoms with Crippen LogP contribution in [0.25, 0.3) is 0 Å². The zero-order chi connectivity index (χ0) is 8.10.